The van der Waals surface area contributed by atoms with Crippen molar-refractivity contribution in [2.24, 2.45) is 0 Å². The van der Waals surface area contributed by atoms with Crippen LogP contribution in [0.4, 0.5) is 0 Å². The van der Waals surface area contributed by atoms with Gasteiger partial charge in [0.1, 0.15) is 0 Å². The molecule has 0 aliphatic carbocycles. The van der Waals surface area contributed by atoms with E-state index in [1.807, 2.05) is 18.4 Å². The number of hydrogen-bond donors (Lipinski definition) is 1. The standard InChI is InChI=1S/C12H18BrNOS/c1-12(4-3-5-15-12)11(14-2)7-10-6-9(13)8-16-10/h6,8,11,14H,3-5,7H2,1-2H3. The maximum atomic E-state index is 5.90. The fraction of sp³-hybridized carbons (Fsp3) is 0.667. The van der Waals surface area contributed by atoms with Crippen molar-refractivity contribution in [2.75, 3.05) is 13.7 Å². The zero-order valence-corrected chi connectivity index (χ0v) is 12.2. The molecule has 0 saturated carbocycles. The number of likely N-dealkylation sites (N-methyl/N-ethyl adjacent to an activating group) is 1. The fourth-order valence-corrected chi connectivity index (χ4v) is 3.86. The minimum atomic E-state index is 0.00517. The Bertz CT molecular complexity index is 347. The van der Waals surface area contributed by atoms with Crippen molar-refractivity contribution in [1.29, 1.82) is 0 Å². The van der Waals surface area contributed by atoms with E-state index in [-0.39, 0.29) is 5.60 Å². The molecular formula is C12H18BrNOS. The Labute approximate surface area is 110 Å². The lowest BCUT2D eigenvalue weighted by Gasteiger charge is -2.33. The van der Waals surface area contributed by atoms with Crippen LogP contribution in [0.2, 0.25) is 0 Å². The molecule has 0 amide bonds. The second-order valence-corrected chi connectivity index (χ2v) is 6.45. The maximum absolute atomic E-state index is 5.90. The van der Waals surface area contributed by atoms with Gasteiger partial charge in [0, 0.05) is 27.4 Å². The molecule has 1 aromatic heterocycles. The molecule has 2 atom stereocenters. The van der Waals surface area contributed by atoms with Gasteiger partial charge in [-0.1, -0.05) is 0 Å². The van der Waals surface area contributed by atoms with Crippen molar-refractivity contribution < 1.29 is 4.74 Å². The maximum Gasteiger partial charge on any atom is 0.0811 e. The lowest BCUT2D eigenvalue weighted by Crippen LogP contribution is -2.48. The highest BCUT2D eigenvalue weighted by molar-refractivity contribution is 9.10. The van der Waals surface area contributed by atoms with Gasteiger partial charge >= 0.3 is 0 Å². The highest BCUT2D eigenvalue weighted by atomic mass is 79.9. The first-order chi connectivity index (χ1) is 7.64. The van der Waals surface area contributed by atoms with E-state index in [0.29, 0.717) is 6.04 Å². The molecule has 2 unspecified atom stereocenters. The molecule has 1 saturated heterocycles. The van der Waals surface area contributed by atoms with E-state index in [1.165, 1.54) is 15.8 Å². The van der Waals surface area contributed by atoms with Gasteiger partial charge in [-0.2, -0.15) is 0 Å². The predicted octanol–water partition coefficient (Wildman–Crippen LogP) is 3.21. The van der Waals surface area contributed by atoms with E-state index in [0.717, 1.165) is 19.4 Å². The molecule has 1 N–H and O–H groups in total. The van der Waals surface area contributed by atoms with Gasteiger partial charge in [0.05, 0.1) is 5.60 Å². The number of ether oxygens (including phenoxy) is 1. The molecule has 1 aliphatic heterocycles. The second-order valence-electron chi connectivity index (χ2n) is 4.54. The molecule has 0 aromatic carbocycles. The molecule has 0 bridgehead atoms. The number of rotatable bonds is 4. The van der Waals surface area contributed by atoms with Crippen molar-refractivity contribution in [3.05, 3.63) is 20.8 Å². The van der Waals surface area contributed by atoms with Gasteiger partial charge in [0.15, 0.2) is 0 Å². The molecule has 2 heterocycles. The van der Waals surface area contributed by atoms with Crippen LogP contribution in [-0.4, -0.2) is 25.3 Å². The van der Waals surface area contributed by atoms with Gasteiger partial charge in [-0.05, 0) is 55.2 Å². The van der Waals surface area contributed by atoms with Crippen molar-refractivity contribution >= 4 is 27.3 Å². The van der Waals surface area contributed by atoms with E-state index < -0.39 is 0 Å². The quantitative estimate of drug-likeness (QED) is 0.922. The molecule has 0 radical (unpaired) electrons. The summed E-state index contributed by atoms with van der Waals surface area (Å²) in [4.78, 5) is 1.41. The fourth-order valence-electron chi connectivity index (χ4n) is 2.36. The van der Waals surface area contributed by atoms with E-state index in [1.54, 1.807) is 0 Å². The highest BCUT2D eigenvalue weighted by Crippen LogP contribution is 2.31. The van der Waals surface area contributed by atoms with Gasteiger partial charge in [-0.25, -0.2) is 0 Å². The molecule has 1 aliphatic rings. The van der Waals surface area contributed by atoms with Crippen molar-refractivity contribution in [3.8, 4) is 0 Å². The van der Waals surface area contributed by atoms with Crippen LogP contribution in [0.3, 0.4) is 0 Å². The summed E-state index contributed by atoms with van der Waals surface area (Å²) >= 11 is 5.31. The number of halogens is 1. The zero-order valence-electron chi connectivity index (χ0n) is 9.75. The molecule has 16 heavy (non-hydrogen) atoms. The van der Waals surface area contributed by atoms with E-state index in [4.69, 9.17) is 4.74 Å². The van der Waals surface area contributed by atoms with Crippen LogP contribution in [-0.2, 0) is 11.2 Å². The monoisotopic (exact) mass is 303 g/mol. The first kappa shape index (κ1) is 12.6. The summed E-state index contributed by atoms with van der Waals surface area (Å²) in [6, 6.07) is 2.60. The van der Waals surface area contributed by atoms with E-state index >= 15 is 0 Å². The Morgan fingerprint density at radius 3 is 3.00 bits per heavy atom. The summed E-state index contributed by atoms with van der Waals surface area (Å²) in [6.07, 6.45) is 3.39. The van der Waals surface area contributed by atoms with Crippen molar-refractivity contribution in [3.63, 3.8) is 0 Å². The third kappa shape index (κ3) is 2.67. The van der Waals surface area contributed by atoms with E-state index in [9.17, 15) is 0 Å². The Hall–Kier alpha value is 0.1000. The molecule has 0 spiro atoms. The topological polar surface area (TPSA) is 21.3 Å². The van der Waals surface area contributed by atoms with Gasteiger partial charge in [0.25, 0.3) is 0 Å². The summed E-state index contributed by atoms with van der Waals surface area (Å²) in [6.45, 7) is 3.13. The Kier molecular flexibility index (Phi) is 4.06. The highest BCUT2D eigenvalue weighted by Gasteiger charge is 2.37. The van der Waals surface area contributed by atoms with Gasteiger partial charge in [-0.15, -0.1) is 11.3 Å². The first-order valence-corrected chi connectivity index (χ1v) is 7.35. The lowest BCUT2D eigenvalue weighted by atomic mass is 9.90. The first-order valence-electron chi connectivity index (χ1n) is 5.68. The average molecular weight is 304 g/mol. The minimum absolute atomic E-state index is 0.00517. The number of hydrogen-bond acceptors (Lipinski definition) is 3. The summed E-state index contributed by atoms with van der Waals surface area (Å²) in [5, 5.41) is 5.55. The van der Waals surface area contributed by atoms with Crippen molar-refractivity contribution in [2.45, 2.75) is 37.8 Å². The normalized spacial score (nSPS) is 27.2. The van der Waals surface area contributed by atoms with Gasteiger partial charge in [0.2, 0.25) is 0 Å². The van der Waals surface area contributed by atoms with Crippen molar-refractivity contribution in [1.82, 2.24) is 5.32 Å². The molecule has 2 nitrogen and oxygen atoms in total. The van der Waals surface area contributed by atoms with E-state index in [2.05, 4.69) is 39.6 Å². The molecule has 1 aromatic rings. The third-order valence-corrected chi connectivity index (χ3v) is 5.08. The average Bonchev–Trinajstić information content (AvgIpc) is 2.85. The molecule has 4 heteroatoms. The third-order valence-electron chi connectivity index (χ3n) is 3.36. The summed E-state index contributed by atoms with van der Waals surface area (Å²) < 4.78 is 7.08. The summed E-state index contributed by atoms with van der Waals surface area (Å²) in [5.41, 5.74) is 0.00517. The summed E-state index contributed by atoms with van der Waals surface area (Å²) in [5.74, 6) is 0. The van der Waals surface area contributed by atoms with Gasteiger partial charge in [-0.3, -0.25) is 0 Å². The zero-order chi connectivity index (χ0) is 11.6. The van der Waals surface area contributed by atoms with Crippen LogP contribution in [0.25, 0.3) is 0 Å². The van der Waals surface area contributed by atoms with Crippen LogP contribution in [0.1, 0.15) is 24.6 Å². The Morgan fingerprint density at radius 1 is 1.69 bits per heavy atom. The molecule has 1 fully saturated rings. The van der Waals surface area contributed by atoms with Gasteiger partial charge < -0.3 is 10.1 Å². The van der Waals surface area contributed by atoms with Crippen LogP contribution < -0.4 is 5.32 Å². The SMILES string of the molecule is CNC(Cc1cc(Br)cs1)C1(C)CCCO1. The molecule has 90 valence electrons. The predicted molar refractivity (Wildman–Crippen MR) is 72.2 cm³/mol. The largest absolute Gasteiger partial charge is 0.374 e. The summed E-state index contributed by atoms with van der Waals surface area (Å²) in [7, 11) is 2.03. The molecular weight excluding hydrogens is 286 g/mol. The van der Waals surface area contributed by atoms with Crippen LogP contribution in [0.5, 0.6) is 0 Å². The van der Waals surface area contributed by atoms with Crippen LogP contribution in [0.15, 0.2) is 15.9 Å². The number of thiophene rings is 1. The second kappa shape index (κ2) is 5.17. The van der Waals surface area contributed by atoms with Crippen LogP contribution in [0, 0.1) is 0 Å². The minimum Gasteiger partial charge on any atom is -0.374 e. The smallest absolute Gasteiger partial charge is 0.0811 e. The van der Waals surface area contributed by atoms with Crippen LogP contribution >= 0.6 is 27.3 Å². The lowest BCUT2D eigenvalue weighted by molar-refractivity contribution is -0.00923. The Morgan fingerprint density at radius 2 is 2.50 bits per heavy atom. The number of nitrogens with one attached hydrogen (secondary N) is 1. The Balaban J connectivity index is 2.05. The molecule has 2 rings (SSSR count).